The Labute approximate surface area is 135 Å². The zero-order valence-corrected chi connectivity index (χ0v) is 14.1. The van der Waals surface area contributed by atoms with Crippen molar-refractivity contribution in [3.8, 4) is 0 Å². The predicted molar refractivity (Wildman–Crippen MR) is 101 cm³/mol. The van der Waals surface area contributed by atoms with E-state index in [-0.39, 0.29) is 5.41 Å². The van der Waals surface area contributed by atoms with Gasteiger partial charge in [0, 0.05) is 5.41 Å². The molecule has 0 bridgehead atoms. The highest BCUT2D eigenvalue weighted by Crippen LogP contribution is 2.50. The van der Waals surface area contributed by atoms with Crippen LogP contribution in [0, 0.1) is 5.41 Å². The average molecular weight is 290 g/mol. The third-order valence-electron chi connectivity index (χ3n) is 4.20. The second-order valence-corrected chi connectivity index (χ2v) is 5.80. The van der Waals surface area contributed by atoms with Gasteiger partial charge in [0.25, 0.3) is 0 Å². The normalized spacial score (nSPS) is 18.0. The Morgan fingerprint density at radius 3 is 2.09 bits per heavy atom. The summed E-state index contributed by atoms with van der Waals surface area (Å²) >= 11 is 0. The van der Waals surface area contributed by atoms with E-state index in [0.717, 1.165) is 16.7 Å². The molecule has 0 radical (unpaired) electrons. The van der Waals surface area contributed by atoms with Crippen LogP contribution in [0.1, 0.15) is 26.3 Å². The van der Waals surface area contributed by atoms with Crippen LogP contribution < -0.4 is 0 Å². The van der Waals surface area contributed by atoms with Crippen molar-refractivity contribution >= 4 is 5.57 Å². The van der Waals surface area contributed by atoms with Crippen molar-refractivity contribution in [3.63, 3.8) is 0 Å². The smallest absolute Gasteiger partial charge is 0.0155 e. The van der Waals surface area contributed by atoms with Crippen molar-refractivity contribution in [2.45, 2.75) is 20.8 Å². The van der Waals surface area contributed by atoms with Crippen molar-refractivity contribution in [1.82, 2.24) is 0 Å². The molecule has 2 rings (SSSR count). The first kappa shape index (κ1) is 17.7. The van der Waals surface area contributed by atoms with Gasteiger partial charge in [0.2, 0.25) is 0 Å². The third-order valence-corrected chi connectivity index (χ3v) is 4.20. The minimum atomic E-state index is -0.0549. The lowest BCUT2D eigenvalue weighted by atomic mass is 9.80. The molecular weight excluding hydrogens is 264 g/mol. The van der Waals surface area contributed by atoms with Gasteiger partial charge in [-0.1, -0.05) is 76.1 Å². The van der Waals surface area contributed by atoms with Gasteiger partial charge in [-0.2, -0.15) is 0 Å². The monoisotopic (exact) mass is 290 g/mol. The summed E-state index contributed by atoms with van der Waals surface area (Å²) in [6.45, 7) is 24.9. The molecule has 0 amide bonds. The molecular formula is C22H26. The molecule has 0 unspecified atom stereocenters. The molecule has 0 spiro atoms. The van der Waals surface area contributed by atoms with Gasteiger partial charge in [-0.05, 0) is 40.4 Å². The Hall–Kier alpha value is -2.34. The summed E-state index contributed by atoms with van der Waals surface area (Å²) in [5.74, 6) is 0. The molecule has 22 heavy (non-hydrogen) atoms. The summed E-state index contributed by atoms with van der Waals surface area (Å²) in [5.41, 5.74) is 6.94. The van der Waals surface area contributed by atoms with Crippen molar-refractivity contribution in [1.29, 1.82) is 0 Å². The van der Waals surface area contributed by atoms with E-state index >= 15 is 0 Å². The van der Waals surface area contributed by atoms with Crippen LogP contribution in [0.4, 0.5) is 0 Å². The molecule has 0 nitrogen and oxygen atoms in total. The first-order valence-electron chi connectivity index (χ1n) is 7.39. The summed E-state index contributed by atoms with van der Waals surface area (Å²) in [6, 6.07) is 10.3. The maximum Gasteiger partial charge on any atom is 0.0155 e. The van der Waals surface area contributed by atoms with Gasteiger partial charge in [-0.15, -0.1) is 13.2 Å². The number of benzene rings is 1. The number of hydrogen-bond acceptors (Lipinski definition) is 0. The molecule has 0 aromatic heterocycles. The van der Waals surface area contributed by atoms with Gasteiger partial charge in [-0.25, -0.2) is 0 Å². The van der Waals surface area contributed by atoms with E-state index < -0.39 is 0 Å². The van der Waals surface area contributed by atoms with E-state index in [0.29, 0.717) is 0 Å². The summed E-state index contributed by atoms with van der Waals surface area (Å²) in [6.07, 6.45) is 4.12. The van der Waals surface area contributed by atoms with Gasteiger partial charge in [0.05, 0.1) is 0 Å². The maximum atomic E-state index is 4.24. The fourth-order valence-corrected chi connectivity index (χ4v) is 2.94. The van der Waals surface area contributed by atoms with Gasteiger partial charge in [-0.3, -0.25) is 0 Å². The Morgan fingerprint density at radius 2 is 1.64 bits per heavy atom. The molecule has 1 aliphatic carbocycles. The third kappa shape index (κ3) is 3.12. The van der Waals surface area contributed by atoms with E-state index in [2.05, 4.69) is 71.9 Å². The maximum absolute atomic E-state index is 4.24. The zero-order valence-electron chi connectivity index (χ0n) is 14.1. The molecule has 0 saturated heterocycles. The Morgan fingerprint density at radius 1 is 1.09 bits per heavy atom. The van der Waals surface area contributed by atoms with E-state index in [1.165, 1.54) is 16.7 Å². The van der Waals surface area contributed by atoms with Crippen LogP contribution in [0.25, 0.3) is 5.57 Å². The second-order valence-electron chi connectivity index (χ2n) is 5.80. The van der Waals surface area contributed by atoms with Crippen LogP contribution >= 0.6 is 0 Å². The lowest BCUT2D eigenvalue weighted by Crippen LogP contribution is -2.12. The number of hydrogen-bond donors (Lipinski definition) is 0. The highest BCUT2D eigenvalue weighted by atomic mass is 14.4. The van der Waals surface area contributed by atoms with Crippen LogP contribution in [-0.4, -0.2) is 0 Å². The highest BCUT2D eigenvalue weighted by Gasteiger charge is 2.36. The van der Waals surface area contributed by atoms with Gasteiger partial charge < -0.3 is 0 Å². The fourth-order valence-electron chi connectivity index (χ4n) is 2.94. The lowest BCUT2D eigenvalue weighted by molar-refractivity contribution is 0.579. The van der Waals surface area contributed by atoms with E-state index in [1.54, 1.807) is 0 Å². The summed E-state index contributed by atoms with van der Waals surface area (Å²) in [5, 5.41) is 0. The summed E-state index contributed by atoms with van der Waals surface area (Å²) < 4.78 is 0. The molecule has 0 atom stereocenters. The zero-order chi connectivity index (χ0) is 16.9. The Bertz CT molecular complexity index is 649. The lowest BCUT2D eigenvalue weighted by Gasteiger charge is -2.24. The number of allylic oxidation sites excluding steroid dienone is 7. The average Bonchev–Trinajstić information content (AvgIpc) is 2.69. The topological polar surface area (TPSA) is 0 Å². The molecule has 114 valence electrons. The molecule has 0 saturated carbocycles. The second kappa shape index (κ2) is 7.09. The van der Waals surface area contributed by atoms with E-state index in [9.17, 15) is 0 Å². The van der Waals surface area contributed by atoms with Gasteiger partial charge >= 0.3 is 0 Å². The SMILES string of the molecule is C=C.C=CC1=C(C)C(=C)/C(=C\C(=C)c2ccccc2)C1(C)C. The largest absolute Gasteiger partial charge is 0.106 e. The Kier molecular flexibility index (Phi) is 5.70. The highest BCUT2D eigenvalue weighted by molar-refractivity contribution is 5.77. The first-order chi connectivity index (χ1) is 10.4. The molecule has 0 heteroatoms. The Balaban J connectivity index is 0.00000116. The predicted octanol–water partition coefficient (Wildman–Crippen LogP) is 6.53. The molecule has 1 aromatic carbocycles. The first-order valence-corrected chi connectivity index (χ1v) is 7.39. The number of rotatable bonds is 3. The summed E-state index contributed by atoms with van der Waals surface area (Å²) in [7, 11) is 0. The van der Waals surface area contributed by atoms with Crippen LogP contribution in [0.15, 0.2) is 97.7 Å². The minimum absolute atomic E-state index is 0.0549. The van der Waals surface area contributed by atoms with Crippen LogP contribution in [-0.2, 0) is 0 Å². The summed E-state index contributed by atoms with van der Waals surface area (Å²) in [4.78, 5) is 0. The van der Waals surface area contributed by atoms with Crippen LogP contribution in [0.5, 0.6) is 0 Å². The molecule has 0 heterocycles. The molecule has 0 fully saturated rings. The minimum Gasteiger partial charge on any atom is -0.106 e. The van der Waals surface area contributed by atoms with Gasteiger partial charge in [0.15, 0.2) is 0 Å². The fraction of sp³-hybridized carbons (Fsp3) is 0.182. The molecule has 0 N–H and O–H groups in total. The molecule has 0 aliphatic heterocycles. The van der Waals surface area contributed by atoms with Crippen molar-refractivity contribution in [2.75, 3.05) is 0 Å². The van der Waals surface area contributed by atoms with Crippen molar-refractivity contribution < 1.29 is 0 Å². The quantitative estimate of drug-likeness (QED) is 0.555. The molecule has 1 aliphatic rings. The standard InChI is InChI=1S/C20H22.C2H4/c1-7-18-15(3)16(4)19(20(18,5)6)13-14(2)17-11-9-8-10-12-17;1-2/h7-13H,1-2,4H2,3,5-6H3;1-2H2/b19-13+;. The van der Waals surface area contributed by atoms with Crippen molar-refractivity contribution in [2.24, 2.45) is 5.41 Å². The van der Waals surface area contributed by atoms with E-state index in [1.807, 2.05) is 24.3 Å². The van der Waals surface area contributed by atoms with Gasteiger partial charge in [0.1, 0.15) is 0 Å². The molecule has 1 aromatic rings. The van der Waals surface area contributed by atoms with E-state index in [4.69, 9.17) is 0 Å². The van der Waals surface area contributed by atoms with Crippen molar-refractivity contribution in [3.05, 3.63) is 103 Å². The van der Waals surface area contributed by atoms with Crippen LogP contribution in [0.2, 0.25) is 0 Å². The van der Waals surface area contributed by atoms with Crippen LogP contribution in [0.3, 0.4) is 0 Å².